The maximum Gasteiger partial charge on any atom is 0.341 e. The monoisotopic (exact) mass is 297 g/mol. The molecule has 1 aliphatic heterocycles. The zero-order chi connectivity index (χ0) is 14.7. The number of rotatable bonds is 2. The van der Waals surface area contributed by atoms with Crippen molar-refractivity contribution in [3.8, 4) is 5.75 Å². The number of carbonyl (C=O) groups excluding carboxylic acids is 2. The number of methoxy groups -OCH3 is 1. The molecule has 0 saturated heterocycles. The van der Waals surface area contributed by atoms with Crippen molar-refractivity contribution in [1.82, 2.24) is 0 Å². The van der Waals surface area contributed by atoms with Gasteiger partial charge in [-0.05, 0) is 25.3 Å². The Labute approximate surface area is 122 Å². The molecule has 0 saturated carbocycles. The lowest BCUT2D eigenvalue weighted by molar-refractivity contribution is -0.114. The summed E-state index contributed by atoms with van der Waals surface area (Å²) in [7, 11) is 1.31. The lowest BCUT2D eigenvalue weighted by atomic mass is 10.0. The van der Waals surface area contributed by atoms with Gasteiger partial charge in [-0.3, -0.25) is 4.79 Å². The lowest BCUT2D eigenvalue weighted by Crippen LogP contribution is -2.13. The lowest BCUT2D eigenvalue weighted by Gasteiger charge is -2.17. The fourth-order valence-corrected chi connectivity index (χ4v) is 2.51. The third-order valence-corrected chi connectivity index (χ3v) is 3.40. The number of esters is 1. The molecule has 0 fully saturated rings. The quantitative estimate of drug-likeness (QED) is 0.853. The van der Waals surface area contributed by atoms with Crippen LogP contribution in [0.5, 0.6) is 5.75 Å². The van der Waals surface area contributed by atoms with Gasteiger partial charge in [-0.25, -0.2) is 4.79 Å². The number of halogens is 1. The summed E-state index contributed by atoms with van der Waals surface area (Å²) in [5.41, 5.74) is 1.57. The third-order valence-electron chi connectivity index (χ3n) is 3.10. The molecule has 1 aromatic rings. The molecule has 0 unspecified atom stereocenters. The van der Waals surface area contributed by atoms with Crippen molar-refractivity contribution in [3.63, 3.8) is 0 Å². The first kappa shape index (κ1) is 14.7. The van der Waals surface area contributed by atoms with Crippen molar-refractivity contribution in [3.05, 3.63) is 22.2 Å². The van der Waals surface area contributed by atoms with Crippen LogP contribution in [0.25, 0.3) is 0 Å². The molecule has 5 nitrogen and oxygen atoms in total. The van der Waals surface area contributed by atoms with Crippen molar-refractivity contribution < 1.29 is 19.1 Å². The molecule has 20 heavy (non-hydrogen) atoms. The number of nitrogens with one attached hydrogen (secondary N) is 1. The summed E-state index contributed by atoms with van der Waals surface area (Å²) < 4.78 is 10.4. The second-order valence-electron chi connectivity index (χ2n) is 4.57. The van der Waals surface area contributed by atoms with Gasteiger partial charge in [0, 0.05) is 12.5 Å². The van der Waals surface area contributed by atoms with Crippen LogP contribution in [0, 0.1) is 0 Å². The van der Waals surface area contributed by atoms with Gasteiger partial charge in [0.25, 0.3) is 0 Å². The third kappa shape index (κ3) is 2.88. The Kier molecular flexibility index (Phi) is 4.49. The Morgan fingerprint density at radius 2 is 2.15 bits per heavy atom. The van der Waals surface area contributed by atoms with Gasteiger partial charge in [0.05, 0.1) is 24.4 Å². The van der Waals surface area contributed by atoms with Crippen LogP contribution in [0.3, 0.4) is 0 Å². The van der Waals surface area contributed by atoms with E-state index < -0.39 is 5.97 Å². The first-order valence-electron chi connectivity index (χ1n) is 6.38. The van der Waals surface area contributed by atoms with E-state index in [1.165, 1.54) is 20.1 Å². The second kappa shape index (κ2) is 6.13. The fourth-order valence-electron chi connectivity index (χ4n) is 2.24. The van der Waals surface area contributed by atoms with Crippen molar-refractivity contribution in [2.24, 2.45) is 0 Å². The summed E-state index contributed by atoms with van der Waals surface area (Å²) >= 11 is 6.19. The van der Waals surface area contributed by atoms with E-state index in [1.54, 1.807) is 0 Å². The van der Waals surface area contributed by atoms with E-state index in [1.807, 2.05) is 0 Å². The first-order valence-corrected chi connectivity index (χ1v) is 6.76. The number of carbonyl (C=O) groups is 2. The Balaban J connectivity index is 2.61. The molecule has 0 aliphatic carbocycles. The van der Waals surface area contributed by atoms with E-state index in [9.17, 15) is 9.59 Å². The van der Waals surface area contributed by atoms with E-state index in [0.717, 1.165) is 18.4 Å². The summed E-state index contributed by atoms with van der Waals surface area (Å²) in [6.45, 7) is 1.94. The summed E-state index contributed by atoms with van der Waals surface area (Å²) in [6, 6.07) is 1.48. The van der Waals surface area contributed by atoms with Crippen molar-refractivity contribution in [2.75, 3.05) is 19.0 Å². The molecule has 0 atom stereocenters. The minimum Gasteiger partial charge on any atom is -0.492 e. The number of fused-ring (bicyclic) bond motifs is 1. The maximum atomic E-state index is 11.8. The Morgan fingerprint density at radius 1 is 1.40 bits per heavy atom. The predicted octanol–water partition coefficient (Wildman–Crippen LogP) is 2.80. The summed E-state index contributed by atoms with van der Waals surface area (Å²) in [6.07, 6.45) is 2.47. The molecule has 1 N–H and O–H groups in total. The highest BCUT2D eigenvalue weighted by atomic mass is 35.5. The number of ether oxygens (including phenoxy) is 2. The van der Waals surface area contributed by atoms with Gasteiger partial charge in [0.15, 0.2) is 0 Å². The average molecular weight is 298 g/mol. The Bertz CT molecular complexity index is 557. The summed E-state index contributed by atoms with van der Waals surface area (Å²) in [4.78, 5) is 23.1. The van der Waals surface area contributed by atoms with Gasteiger partial charge >= 0.3 is 5.97 Å². The maximum absolute atomic E-state index is 11.8. The van der Waals surface area contributed by atoms with E-state index in [4.69, 9.17) is 21.1 Å². The zero-order valence-corrected chi connectivity index (χ0v) is 12.2. The standard InChI is InChI=1S/C14H16ClNO4/c1-8(17)16-12-9-5-3-4-6-20-13(9)10(7-11(12)15)14(18)19-2/h7H,3-6H2,1-2H3,(H,16,17). The SMILES string of the molecule is COC(=O)c1cc(Cl)c(NC(C)=O)c2c1OCCCC2. The van der Waals surface area contributed by atoms with Crippen LogP contribution in [0.4, 0.5) is 5.69 Å². The minimum atomic E-state index is -0.501. The van der Waals surface area contributed by atoms with E-state index in [0.29, 0.717) is 35.1 Å². The summed E-state index contributed by atoms with van der Waals surface area (Å²) in [5.74, 6) is -0.258. The molecule has 2 rings (SSSR count). The first-order chi connectivity index (χ1) is 9.54. The van der Waals surface area contributed by atoms with Crippen LogP contribution >= 0.6 is 11.6 Å². The van der Waals surface area contributed by atoms with Gasteiger partial charge in [-0.1, -0.05) is 11.6 Å². The van der Waals surface area contributed by atoms with Gasteiger partial charge in [0.2, 0.25) is 5.91 Å². The molecule has 1 amide bonds. The normalized spacial score (nSPS) is 13.8. The molecule has 0 bridgehead atoms. The van der Waals surface area contributed by atoms with Gasteiger partial charge in [-0.2, -0.15) is 0 Å². The smallest absolute Gasteiger partial charge is 0.341 e. The van der Waals surface area contributed by atoms with Crippen LogP contribution in [0.1, 0.15) is 35.7 Å². The van der Waals surface area contributed by atoms with Crippen LogP contribution in [-0.4, -0.2) is 25.6 Å². The number of anilines is 1. The minimum absolute atomic E-state index is 0.218. The molecule has 1 aromatic carbocycles. The number of amides is 1. The van der Waals surface area contributed by atoms with Crippen LogP contribution in [0.2, 0.25) is 5.02 Å². The molecular weight excluding hydrogens is 282 g/mol. The second-order valence-corrected chi connectivity index (χ2v) is 4.97. The topological polar surface area (TPSA) is 64.6 Å². The average Bonchev–Trinajstić information content (AvgIpc) is 2.66. The molecular formula is C14H16ClNO4. The van der Waals surface area contributed by atoms with Crippen molar-refractivity contribution in [2.45, 2.75) is 26.2 Å². The largest absolute Gasteiger partial charge is 0.492 e. The Hall–Kier alpha value is -1.75. The highest BCUT2D eigenvalue weighted by Crippen LogP contribution is 2.39. The van der Waals surface area contributed by atoms with E-state index >= 15 is 0 Å². The highest BCUT2D eigenvalue weighted by Gasteiger charge is 2.25. The van der Waals surface area contributed by atoms with Crippen LogP contribution < -0.4 is 10.1 Å². The Morgan fingerprint density at radius 3 is 2.80 bits per heavy atom. The molecule has 0 radical (unpaired) electrons. The van der Waals surface area contributed by atoms with Gasteiger partial charge < -0.3 is 14.8 Å². The number of hydrogen-bond acceptors (Lipinski definition) is 4. The number of hydrogen-bond donors (Lipinski definition) is 1. The highest BCUT2D eigenvalue weighted by molar-refractivity contribution is 6.34. The van der Waals surface area contributed by atoms with Crippen molar-refractivity contribution in [1.29, 1.82) is 0 Å². The zero-order valence-electron chi connectivity index (χ0n) is 11.4. The molecule has 108 valence electrons. The van der Waals surface area contributed by atoms with Gasteiger partial charge in [-0.15, -0.1) is 0 Å². The molecule has 6 heteroatoms. The molecule has 0 aromatic heterocycles. The fraction of sp³-hybridized carbons (Fsp3) is 0.429. The molecule has 1 aliphatic rings. The van der Waals surface area contributed by atoms with E-state index in [-0.39, 0.29) is 5.91 Å². The van der Waals surface area contributed by atoms with Gasteiger partial charge in [0.1, 0.15) is 11.3 Å². The van der Waals surface area contributed by atoms with Crippen molar-refractivity contribution >= 4 is 29.2 Å². The number of benzene rings is 1. The van der Waals surface area contributed by atoms with Crippen LogP contribution in [0.15, 0.2) is 6.07 Å². The van der Waals surface area contributed by atoms with Crippen LogP contribution in [-0.2, 0) is 16.0 Å². The predicted molar refractivity (Wildman–Crippen MR) is 75.5 cm³/mol. The molecule has 0 spiro atoms. The van der Waals surface area contributed by atoms with E-state index in [2.05, 4.69) is 5.32 Å². The summed E-state index contributed by atoms with van der Waals surface area (Å²) in [5, 5.41) is 3.02. The molecule has 1 heterocycles.